The van der Waals surface area contributed by atoms with E-state index in [1.807, 2.05) is 0 Å². The van der Waals surface area contributed by atoms with Gasteiger partial charge in [-0.25, -0.2) is 4.79 Å². The van der Waals surface area contributed by atoms with Crippen LogP contribution in [0.5, 0.6) is 0 Å². The second-order valence-corrected chi connectivity index (χ2v) is 3.35. The van der Waals surface area contributed by atoms with Crippen LogP contribution in [0.3, 0.4) is 0 Å². The van der Waals surface area contributed by atoms with Crippen LogP contribution < -0.4 is 4.90 Å². The molecule has 0 N–H and O–H groups in total. The number of esters is 1. The van der Waals surface area contributed by atoms with Gasteiger partial charge in [-0.2, -0.15) is 0 Å². The fraction of sp³-hybridized carbons (Fsp3) is 0.417. The van der Waals surface area contributed by atoms with Gasteiger partial charge < -0.3 is 9.64 Å². The number of ether oxygens (including phenoxy) is 1. The SMILES string of the molecule is [2H]c1c([2H])c([2H])c(N2CCC[C@@H]2C(=O)OC)c([2H])c1[2H]. The molecule has 3 heteroatoms. The molecule has 80 valence electrons. The van der Waals surface area contributed by atoms with E-state index in [0.29, 0.717) is 19.4 Å². The lowest BCUT2D eigenvalue weighted by Crippen LogP contribution is -2.36. The molecule has 0 aromatic heterocycles. The number of hydrogen-bond acceptors (Lipinski definition) is 3. The molecule has 3 nitrogen and oxygen atoms in total. The first-order valence-corrected chi connectivity index (χ1v) is 4.81. The largest absolute Gasteiger partial charge is 0.467 e. The highest BCUT2D eigenvalue weighted by atomic mass is 16.5. The van der Waals surface area contributed by atoms with Crippen molar-refractivity contribution in [3.63, 3.8) is 0 Å². The molecule has 1 aliphatic rings. The summed E-state index contributed by atoms with van der Waals surface area (Å²) in [5.41, 5.74) is 0.0731. The van der Waals surface area contributed by atoms with E-state index in [4.69, 9.17) is 11.6 Å². The smallest absolute Gasteiger partial charge is 0.328 e. The molecule has 1 heterocycles. The van der Waals surface area contributed by atoms with Crippen molar-refractivity contribution < 1.29 is 16.4 Å². The minimum Gasteiger partial charge on any atom is -0.467 e. The molecule has 0 spiro atoms. The molecule has 1 aromatic carbocycles. The Hall–Kier alpha value is -1.51. The standard InChI is InChI=1S/C12H15NO2/c1-15-12(14)11-8-5-9-13(11)10-6-3-2-4-7-10/h2-4,6-7,11H,5,8-9H2,1H3/t11-/m1/s1/i2D,3D,4D,6D,7D. The van der Waals surface area contributed by atoms with Gasteiger partial charge in [0.1, 0.15) is 6.04 Å². The van der Waals surface area contributed by atoms with Gasteiger partial charge in [-0.3, -0.25) is 0 Å². The molecule has 1 fully saturated rings. The Labute approximate surface area is 96.7 Å². The lowest BCUT2D eigenvalue weighted by atomic mass is 10.2. The van der Waals surface area contributed by atoms with E-state index < -0.39 is 30.1 Å². The molecule has 1 aromatic rings. The van der Waals surface area contributed by atoms with Crippen molar-refractivity contribution in [2.75, 3.05) is 18.6 Å². The normalized spacial score (nSPS) is 25.0. The Kier molecular flexibility index (Phi) is 1.60. The molecule has 0 aliphatic carbocycles. The zero-order chi connectivity index (χ0) is 15.0. The van der Waals surface area contributed by atoms with Crippen LogP contribution in [-0.4, -0.2) is 25.7 Å². The number of carbonyl (C=O) groups excluding carboxylic acids is 1. The number of para-hydroxylation sites is 1. The second-order valence-electron chi connectivity index (χ2n) is 3.35. The number of hydrogen-bond donors (Lipinski definition) is 0. The Morgan fingerprint density at radius 1 is 1.53 bits per heavy atom. The van der Waals surface area contributed by atoms with E-state index in [-0.39, 0.29) is 17.8 Å². The third kappa shape index (κ3) is 1.96. The van der Waals surface area contributed by atoms with Crippen LogP contribution in [0.25, 0.3) is 0 Å². The Balaban J connectivity index is 2.55. The first-order valence-electron chi connectivity index (χ1n) is 7.31. The third-order valence-electron chi connectivity index (χ3n) is 2.50. The lowest BCUT2D eigenvalue weighted by molar-refractivity contribution is -0.141. The summed E-state index contributed by atoms with van der Waals surface area (Å²) in [6, 6.07) is -2.38. The minimum atomic E-state index is -0.594. The fourth-order valence-electron chi connectivity index (χ4n) is 1.80. The molecule has 15 heavy (non-hydrogen) atoms. The van der Waals surface area contributed by atoms with Crippen LogP contribution in [0.15, 0.2) is 30.2 Å². The lowest BCUT2D eigenvalue weighted by Gasteiger charge is -2.24. The first-order chi connectivity index (χ1) is 9.40. The van der Waals surface area contributed by atoms with E-state index in [0.717, 1.165) is 0 Å². The van der Waals surface area contributed by atoms with Crippen molar-refractivity contribution >= 4 is 11.7 Å². The fourth-order valence-corrected chi connectivity index (χ4v) is 1.80. The van der Waals surface area contributed by atoms with Gasteiger partial charge in [0.25, 0.3) is 0 Å². The molecule has 0 amide bonds. The maximum Gasteiger partial charge on any atom is 0.328 e. The summed E-state index contributed by atoms with van der Waals surface area (Å²) >= 11 is 0. The molecular weight excluding hydrogens is 190 g/mol. The van der Waals surface area contributed by atoms with Crippen molar-refractivity contribution in [1.82, 2.24) is 0 Å². The predicted molar refractivity (Wildman–Crippen MR) is 58.8 cm³/mol. The maximum absolute atomic E-state index is 11.7. The van der Waals surface area contributed by atoms with Crippen LogP contribution >= 0.6 is 0 Å². The van der Waals surface area contributed by atoms with Gasteiger partial charge in [0, 0.05) is 12.2 Å². The molecule has 1 atom stereocenters. The van der Waals surface area contributed by atoms with Crippen LogP contribution in [0.4, 0.5) is 5.69 Å². The van der Waals surface area contributed by atoms with Gasteiger partial charge in [-0.15, -0.1) is 0 Å². The van der Waals surface area contributed by atoms with Crippen molar-refractivity contribution in [3.8, 4) is 0 Å². The molecule has 0 radical (unpaired) electrons. The highest BCUT2D eigenvalue weighted by Crippen LogP contribution is 2.25. The first kappa shape index (κ1) is 5.54. The average molecular weight is 210 g/mol. The number of nitrogens with zero attached hydrogens (tertiary/aromatic N) is 1. The minimum absolute atomic E-state index is 0.0731. The van der Waals surface area contributed by atoms with Gasteiger partial charge in [-0.05, 0) is 24.9 Å². The Bertz CT molecular complexity index is 534. The van der Waals surface area contributed by atoms with Crippen LogP contribution in [0.2, 0.25) is 0 Å². The maximum atomic E-state index is 11.7. The summed E-state index contributed by atoms with van der Waals surface area (Å²) < 4.78 is 43.5. The predicted octanol–water partition coefficient (Wildman–Crippen LogP) is 1.83. The quantitative estimate of drug-likeness (QED) is 0.697. The van der Waals surface area contributed by atoms with E-state index in [9.17, 15) is 4.79 Å². The van der Waals surface area contributed by atoms with E-state index in [1.165, 1.54) is 7.11 Å². The molecule has 1 aliphatic heterocycles. The number of methoxy groups -OCH3 is 1. The summed E-state index contributed by atoms with van der Waals surface area (Å²) in [5.74, 6) is -0.450. The summed E-state index contributed by atoms with van der Waals surface area (Å²) in [7, 11) is 1.28. The number of rotatable bonds is 2. The number of benzene rings is 1. The molecular formula is C12H15NO2. The van der Waals surface area contributed by atoms with Crippen molar-refractivity contribution in [3.05, 3.63) is 30.2 Å². The van der Waals surface area contributed by atoms with E-state index in [2.05, 4.69) is 0 Å². The highest BCUT2D eigenvalue weighted by molar-refractivity contribution is 5.80. The molecule has 0 unspecified atom stereocenters. The zero-order valence-corrected chi connectivity index (χ0v) is 8.46. The average Bonchev–Trinajstić information content (AvgIpc) is 2.91. The van der Waals surface area contributed by atoms with Gasteiger partial charge in [0.2, 0.25) is 0 Å². The van der Waals surface area contributed by atoms with Gasteiger partial charge in [-0.1, -0.05) is 18.1 Å². The summed E-state index contributed by atoms with van der Waals surface area (Å²) in [4.78, 5) is 13.3. The number of anilines is 1. The van der Waals surface area contributed by atoms with Crippen molar-refractivity contribution in [2.45, 2.75) is 18.9 Å². The third-order valence-corrected chi connectivity index (χ3v) is 2.50. The van der Waals surface area contributed by atoms with E-state index >= 15 is 0 Å². The van der Waals surface area contributed by atoms with Crippen molar-refractivity contribution in [2.24, 2.45) is 0 Å². The van der Waals surface area contributed by atoms with Crippen molar-refractivity contribution in [1.29, 1.82) is 0 Å². The van der Waals surface area contributed by atoms with Crippen LogP contribution in [0, 0.1) is 0 Å². The van der Waals surface area contributed by atoms with Gasteiger partial charge >= 0.3 is 5.97 Å². The number of carbonyl (C=O) groups is 1. The van der Waals surface area contributed by atoms with Gasteiger partial charge in [0.05, 0.1) is 14.0 Å². The summed E-state index contributed by atoms with van der Waals surface area (Å²) in [5, 5.41) is 0. The molecule has 1 saturated heterocycles. The van der Waals surface area contributed by atoms with Crippen LogP contribution in [0.1, 0.15) is 19.7 Å². The molecule has 0 bridgehead atoms. The highest BCUT2D eigenvalue weighted by Gasteiger charge is 2.31. The van der Waals surface area contributed by atoms with Gasteiger partial charge in [0.15, 0.2) is 0 Å². The molecule has 0 saturated carbocycles. The monoisotopic (exact) mass is 210 g/mol. The zero-order valence-electron chi connectivity index (χ0n) is 13.5. The molecule has 2 rings (SSSR count). The Morgan fingerprint density at radius 3 is 2.93 bits per heavy atom. The second kappa shape index (κ2) is 4.34. The Morgan fingerprint density at radius 2 is 2.27 bits per heavy atom. The van der Waals surface area contributed by atoms with Crippen LogP contribution in [-0.2, 0) is 9.53 Å². The topological polar surface area (TPSA) is 29.5 Å². The van der Waals surface area contributed by atoms with E-state index in [1.54, 1.807) is 4.90 Å². The summed E-state index contributed by atoms with van der Waals surface area (Å²) in [6.45, 7) is 0.466. The summed E-state index contributed by atoms with van der Waals surface area (Å²) in [6.07, 6.45) is 1.26.